The largest absolute Gasteiger partial charge is 0.360 e. The first-order valence-corrected chi connectivity index (χ1v) is 5.90. The molecule has 0 atom stereocenters. The molecule has 0 aliphatic carbocycles. The van der Waals surface area contributed by atoms with Gasteiger partial charge in [-0.15, -0.1) is 0 Å². The van der Waals surface area contributed by atoms with E-state index in [9.17, 15) is 0 Å². The number of hydrogen-bond donors (Lipinski definition) is 1. The van der Waals surface area contributed by atoms with Crippen molar-refractivity contribution in [1.29, 1.82) is 0 Å². The summed E-state index contributed by atoms with van der Waals surface area (Å²) >= 11 is 0. The van der Waals surface area contributed by atoms with Crippen LogP contribution in [0.25, 0.3) is 11.5 Å². The van der Waals surface area contributed by atoms with E-state index in [-0.39, 0.29) is 5.41 Å². The van der Waals surface area contributed by atoms with Crippen molar-refractivity contribution in [1.82, 2.24) is 15.1 Å². The molecule has 0 aromatic carbocycles. The Morgan fingerprint density at radius 2 is 2.00 bits per heavy atom. The van der Waals surface area contributed by atoms with Gasteiger partial charge in [0.15, 0.2) is 5.82 Å². The van der Waals surface area contributed by atoms with Gasteiger partial charge in [0.05, 0.1) is 0 Å². The average molecular weight is 233 g/mol. The molecule has 0 spiro atoms. The minimum atomic E-state index is -0.0290. The van der Waals surface area contributed by atoms with Gasteiger partial charge >= 0.3 is 0 Å². The molecule has 0 saturated heterocycles. The first-order valence-electron chi connectivity index (χ1n) is 5.90. The third-order valence-corrected chi connectivity index (χ3v) is 2.71. The van der Waals surface area contributed by atoms with Gasteiger partial charge in [-0.1, -0.05) is 39.8 Å². The smallest absolute Gasteiger partial charge is 0.159 e. The molecular formula is C13H19N3O. The maximum atomic E-state index is 5.34. The molecule has 2 heterocycles. The van der Waals surface area contributed by atoms with Crippen molar-refractivity contribution >= 4 is 0 Å². The molecule has 0 bridgehead atoms. The Hall–Kier alpha value is -1.58. The highest BCUT2D eigenvalue weighted by Gasteiger charge is 2.21. The molecule has 0 unspecified atom stereocenters. The highest BCUT2D eigenvalue weighted by Crippen LogP contribution is 2.26. The molecular weight excluding hydrogens is 214 g/mol. The Morgan fingerprint density at radius 1 is 1.29 bits per heavy atom. The molecule has 17 heavy (non-hydrogen) atoms. The second-order valence-electron chi connectivity index (χ2n) is 5.67. The minimum Gasteiger partial charge on any atom is -0.360 e. The average Bonchev–Trinajstić information content (AvgIpc) is 2.85. The van der Waals surface area contributed by atoms with E-state index in [1.54, 1.807) is 0 Å². The maximum absolute atomic E-state index is 5.34. The summed E-state index contributed by atoms with van der Waals surface area (Å²) in [7, 11) is 0. The van der Waals surface area contributed by atoms with E-state index in [0.717, 1.165) is 23.0 Å². The van der Waals surface area contributed by atoms with E-state index in [1.807, 2.05) is 12.3 Å². The van der Waals surface area contributed by atoms with Crippen LogP contribution in [0, 0.1) is 0 Å². The maximum Gasteiger partial charge on any atom is 0.159 e. The fourth-order valence-electron chi connectivity index (χ4n) is 1.50. The van der Waals surface area contributed by atoms with E-state index < -0.39 is 0 Å². The predicted octanol–water partition coefficient (Wildman–Crippen LogP) is 3.49. The SMILES string of the molecule is CC(C)c1cnc(-c2cc(C(C)(C)C)on2)[nH]1. The normalized spacial score (nSPS) is 12.4. The fourth-order valence-corrected chi connectivity index (χ4v) is 1.50. The second-order valence-corrected chi connectivity index (χ2v) is 5.67. The summed E-state index contributed by atoms with van der Waals surface area (Å²) < 4.78 is 5.34. The van der Waals surface area contributed by atoms with Crippen LogP contribution >= 0.6 is 0 Å². The van der Waals surface area contributed by atoms with E-state index in [4.69, 9.17) is 4.52 Å². The molecule has 0 aliphatic heterocycles. The van der Waals surface area contributed by atoms with Crippen molar-refractivity contribution in [2.24, 2.45) is 0 Å². The summed E-state index contributed by atoms with van der Waals surface area (Å²) in [6.45, 7) is 10.5. The van der Waals surface area contributed by atoms with Crippen molar-refractivity contribution in [3.05, 3.63) is 23.7 Å². The van der Waals surface area contributed by atoms with E-state index in [1.165, 1.54) is 0 Å². The molecule has 4 heteroatoms. The lowest BCUT2D eigenvalue weighted by atomic mass is 9.93. The molecule has 1 N–H and O–H groups in total. The van der Waals surface area contributed by atoms with Crippen molar-refractivity contribution < 1.29 is 4.52 Å². The van der Waals surface area contributed by atoms with Crippen LogP contribution in [0.1, 0.15) is 52.0 Å². The summed E-state index contributed by atoms with van der Waals surface area (Å²) in [4.78, 5) is 7.59. The van der Waals surface area contributed by atoms with Crippen LogP contribution in [0.4, 0.5) is 0 Å². The third kappa shape index (κ3) is 2.40. The van der Waals surface area contributed by atoms with Gasteiger partial charge in [-0.25, -0.2) is 4.98 Å². The van der Waals surface area contributed by atoms with Gasteiger partial charge in [0.25, 0.3) is 0 Å². The molecule has 0 saturated carbocycles. The third-order valence-electron chi connectivity index (χ3n) is 2.71. The zero-order valence-electron chi connectivity index (χ0n) is 11.0. The highest BCUT2D eigenvalue weighted by molar-refractivity contribution is 5.49. The van der Waals surface area contributed by atoms with Crippen LogP contribution in [0.15, 0.2) is 16.8 Å². The van der Waals surface area contributed by atoms with Crippen LogP contribution in [0.3, 0.4) is 0 Å². The highest BCUT2D eigenvalue weighted by atomic mass is 16.5. The summed E-state index contributed by atoms with van der Waals surface area (Å²) in [5.74, 6) is 2.08. The zero-order chi connectivity index (χ0) is 12.6. The Balaban J connectivity index is 2.31. The number of rotatable bonds is 2. The van der Waals surface area contributed by atoms with Crippen molar-refractivity contribution in [2.45, 2.75) is 46.0 Å². The fraction of sp³-hybridized carbons (Fsp3) is 0.538. The van der Waals surface area contributed by atoms with Gasteiger partial charge in [0.2, 0.25) is 0 Å². The quantitative estimate of drug-likeness (QED) is 0.863. The summed E-state index contributed by atoms with van der Waals surface area (Å²) in [5.41, 5.74) is 1.85. The number of nitrogens with one attached hydrogen (secondary N) is 1. The molecule has 0 amide bonds. The Morgan fingerprint density at radius 3 is 2.47 bits per heavy atom. The number of hydrogen-bond acceptors (Lipinski definition) is 3. The van der Waals surface area contributed by atoms with E-state index >= 15 is 0 Å². The second kappa shape index (κ2) is 4.02. The molecule has 0 radical (unpaired) electrons. The van der Waals surface area contributed by atoms with Crippen molar-refractivity contribution in [2.75, 3.05) is 0 Å². The van der Waals surface area contributed by atoms with Crippen LogP contribution in [-0.2, 0) is 5.41 Å². The molecule has 2 aromatic rings. The van der Waals surface area contributed by atoms with Gasteiger partial charge in [-0.05, 0) is 5.92 Å². The Bertz CT molecular complexity index is 503. The standard InChI is InChI=1S/C13H19N3O/c1-8(2)10-7-14-12(15-10)9-6-11(17-16-9)13(3,4)5/h6-8H,1-5H3,(H,14,15). The van der Waals surface area contributed by atoms with Crippen molar-refractivity contribution in [3.8, 4) is 11.5 Å². The summed E-state index contributed by atoms with van der Waals surface area (Å²) in [6, 6.07) is 1.95. The number of aromatic nitrogens is 3. The Labute approximate surface area is 101 Å². The summed E-state index contributed by atoms with van der Waals surface area (Å²) in [6.07, 6.45) is 1.85. The summed E-state index contributed by atoms with van der Waals surface area (Å²) in [5, 5.41) is 4.06. The monoisotopic (exact) mass is 233 g/mol. The Kier molecular flexibility index (Phi) is 2.81. The zero-order valence-corrected chi connectivity index (χ0v) is 11.0. The lowest BCUT2D eigenvalue weighted by Gasteiger charge is -2.11. The number of imidazole rings is 1. The lowest BCUT2D eigenvalue weighted by Crippen LogP contribution is -2.09. The van der Waals surface area contributed by atoms with Crippen LogP contribution < -0.4 is 0 Å². The molecule has 0 fully saturated rings. The first kappa shape index (κ1) is 11.9. The molecule has 0 aliphatic rings. The molecule has 4 nitrogen and oxygen atoms in total. The van der Waals surface area contributed by atoms with Gasteiger partial charge in [0.1, 0.15) is 11.5 Å². The lowest BCUT2D eigenvalue weighted by molar-refractivity contribution is 0.330. The minimum absolute atomic E-state index is 0.0290. The van der Waals surface area contributed by atoms with Crippen LogP contribution in [-0.4, -0.2) is 15.1 Å². The first-order chi connectivity index (χ1) is 7.88. The van der Waals surface area contributed by atoms with E-state index in [2.05, 4.69) is 49.7 Å². The topological polar surface area (TPSA) is 54.7 Å². The number of nitrogens with zero attached hydrogens (tertiary/aromatic N) is 2. The van der Waals surface area contributed by atoms with Gasteiger partial charge in [-0.2, -0.15) is 0 Å². The molecule has 92 valence electrons. The number of aromatic amines is 1. The molecule has 2 aromatic heterocycles. The van der Waals surface area contributed by atoms with Crippen molar-refractivity contribution in [3.63, 3.8) is 0 Å². The molecule has 2 rings (SSSR count). The predicted molar refractivity (Wildman–Crippen MR) is 66.9 cm³/mol. The number of H-pyrrole nitrogens is 1. The van der Waals surface area contributed by atoms with Gasteiger partial charge in [-0.3, -0.25) is 0 Å². The van der Waals surface area contributed by atoms with Gasteiger partial charge < -0.3 is 9.51 Å². The van der Waals surface area contributed by atoms with E-state index in [0.29, 0.717) is 5.92 Å². The van der Waals surface area contributed by atoms with Gasteiger partial charge in [0, 0.05) is 23.4 Å². The van der Waals surface area contributed by atoms with Crippen LogP contribution in [0.5, 0.6) is 0 Å². The van der Waals surface area contributed by atoms with Crippen LogP contribution in [0.2, 0.25) is 0 Å².